The molecule has 1 aromatic heterocycles. The van der Waals surface area contributed by atoms with E-state index in [4.69, 9.17) is 5.26 Å². The molecule has 1 heterocycles. The number of nitrogens with zero attached hydrogens (tertiary/aromatic N) is 2. The first-order chi connectivity index (χ1) is 7.81. The number of hydrogen-bond acceptors (Lipinski definition) is 3. The van der Waals surface area contributed by atoms with Crippen molar-refractivity contribution in [2.75, 3.05) is 5.32 Å². The van der Waals surface area contributed by atoms with Gasteiger partial charge in [-0.15, -0.1) is 0 Å². The fourth-order valence-corrected chi connectivity index (χ4v) is 1.51. The average Bonchev–Trinajstić information content (AvgIpc) is 2.33. The Balaban J connectivity index is 2.39. The molecule has 0 aliphatic heterocycles. The molecule has 0 unspecified atom stereocenters. The zero-order valence-electron chi connectivity index (χ0n) is 8.94. The van der Waals surface area contributed by atoms with Crippen LogP contribution in [0.25, 0.3) is 0 Å². The lowest BCUT2D eigenvalue weighted by Crippen LogP contribution is -1.96. The first-order valence-corrected chi connectivity index (χ1v) is 4.98. The van der Waals surface area contributed by atoms with E-state index >= 15 is 0 Å². The molecule has 0 fully saturated rings. The molecule has 0 amide bonds. The molecular formula is C13H11N3. The second kappa shape index (κ2) is 4.45. The molecule has 0 saturated carbocycles. The first-order valence-electron chi connectivity index (χ1n) is 4.98. The van der Waals surface area contributed by atoms with Crippen LogP contribution in [0.1, 0.15) is 11.1 Å². The van der Waals surface area contributed by atoms with Gasteiger partial charge >= 0.3 is 0 Å². The second-order valence-electron chi connectivity index (χ2n) is 3.48. The predicted molar refractivity (Wildman–Crippen MR) is 63.4 cm³/mol. The van der Waals surface area contributed by atoms with Gasteiger partial charge < -0.3 is 5.32 Å². The predicted octanol–water partition coefficient (Wildman–Crippen LogP) is 3.01. The van der Waals surface area contributed by atoms with E-state index in [2.05, 4.69) is 16.4 Å². The number of para-hydroxylation sites is 1. The summed E-state index contributed by atoms with van der Waals surface area (Å²) in [6.45, 7) is 1.97. The molecule has 3 heteroatoms. The van der Waals surface area contributed by atoms with Crippen LogP contribution in [0, 0.1) is 18.3 Å². The van der Waals surface area contributed by atoms with Gasteiger partial charge in [-0.05, 0) is 30.7 Å². The quantitative estimate of drug-likeness (QED) is 0.827. The summed E-state index contributed by atoms with van der Waals surface area (Å²) < 4.78 is 0. The first kappa shape index (κ1) is 10.2. The third-order valence-electron chi connectivity index (χ3n) is 2.32. The Labute approximate surface area is 94.4 Å². The SMILES string of the molecule is Cc1cccc(C#N)c1Nc1cccnc1. The van der Waals surface area contributed by atoms with Crippen molar-refractivity contribution in [2.45, 2.75) is 6.92 Å². The van der Waals surface area contributed by atoms with Crippen LogP contribution in [0.5, 0.6) is 0 Å². The lowest BCUT2D eigenvalue weighted by Gasteiger charge is -2.10. The minimum Gasteiger partial charge on any atom is -0.353 e. The van der Waals surface area contributed by atoms with Crippen LogP contribution in [0.4, 0.5) is 11.4 Å². The maximum Gasteiger partial charge on any atom is 0.101 e. The maximum atomic E-state index is 9.02. The van der Waals surface area contributed by atoms with Crippen molar-refractivity contribution in [3.8, 4) is 6.07 Å². The molecule has 2 rings (SSSR count). The van der Waals surface area contributed by atoms with Crippen molar-refractivity contribution >= 4 is 11.4 Å². The molecule has 0 radical (unpaired) electrons. The van der Waals surface area contributed by atoms with E-state index in [9.17, 15) is 0 Å². The summed E-state index contributed by atoms with van der Waals surface area (Å²) in [6.07, 6.45) is 3.45. The number of pyridine rings is 1. The van der Waals surface area contributed by atoms with E-state index in [0.29, 0.717) is 5.56 Å². The minimum atomic E-state index is 0.642. The summed E-state index contributed by atoms with van der Waals surface area (Å²) in [7, 11) is 0. The standard InChI is InChI=1S/C13H11N3/c1-10-4-2-5-11(8-14)13(10)16-12-6-3-7-15-9-12/h2-7,9,16H,1H3. The van der Waals surface area contributed by atoms with Gasteiger partial charge in [-0.1, -0.05) is 12.1 Å². The monoisotopic (exact) mass is 209 g/mol. The summed E-state index contributed by atoms with van der Waals surface area (Å²) >= 11 is 0. The Morgan fingerprint density at radius 3 is 2.81 bits per heavy atom. The summed E-state index contributed by atoms with van der Waals surface area (Å²) in [5.74, 6) is 0. The van der Waals surface area contributed by atoms with Gasteiger partial charge in [0.25, 0.3) is 0 Å². The normalized spacial score (nSPS) is 9.50. The Hall–Kier alpha value is -2.34. The second-order valence-corrected chi connectivity index (χ2v) is 3.48. The number of nitriles is 1. The number of hydrogen-bond donors (Lipinski definition) is 1. The zero-order chi connectivity index (χ0) is 11.4. The lowest BCUT2D eigenvalue weighted by atomic mass is 10.1. The van der Waals surface area contributed by atoms with Crippen LogP contribution in [0.15, 0.2) is 42.7 Å². The van der Waals surface area contributed by atoms with E-state index in [1.807, 2.05) is 31.2 Å². The molecule has 0 spiro atoms. The summed E-state index contributed by atoms with van der Waals surface area (Å²) in [4.78, 5) is 4.02. The molecular weight excluding hydrogens is 198 g/mol. The van der Waals surface area contributed by atoms with Crippen molar-refractivity contribution in [1.82, 2.24) is 4.98 Å². The van der Waals surface area contributed by atoms with Crippen molar-refractivity contribution in [3.63, 3.8) is 0 Å². The van der Waals surface area contributed by atoms with E-state index in [1.165, 1.54) is 0 Å². The number of aryl methyl sites for hydroxylation is 1. The highest BCUT2D eigenvalue weighted by atomic mass is 14.9. The van der Waals surface area contributed by atoms with Crippen molar-refractivity contribution in [2.24, 2.45) is 0 Å². The molecule has 0 bridgehead atoms. The van der Waals surface area contributed by atoms with Gasteiger partial charge in [0.15, 0.2) is 0 Å². The van der Waals surface area contributed by atoms with E-state index in [-0.39, 0.29) is 0 Å². The van der Waals surface area contributed by atoms with E-state index < -0.39 is 0 Å². The van der Waals surface area contributed by atoms with Gasteiger partial charge in [0.05, 0.1) is 23.1 Å². The van der Waals surface area contributed by atoms with E-state index in [1.54, 1.807) is 18.5 Å². The Bertz CT molecular complexity index is 527. The Kier molecular flexibility index (Phi) is 2.84. The fourth-order valence-electron chi connectivity index (χ4n) is 1.51. The molecule has 0 atom stereocenters. The molecule has 1 aromatic carbocycles. The Morgan fingerprint density at radius 1 is 1.25 bits per heavy atom. The molecule has 0 saturated heterocycles. The van der Waals surface area contributed by atoms with Crippen molar-refractivity contribution in [1.29, 1.82) is 5.26 Å². The number of benzene rings is 1. The van der Waals surface area contributed by atoms with Crippen LogP contribution < -0.4 is 5.32 Å². The maximum absolute atomic E-state index is 9.02. The van der Waals surface area contributed by atoms with Gasteiger partial charge in [-0.25, -0.2) is 0 Å². The molecule has 0 aliphatic rings. The highest BCUT2D eigenvalue weighted by molar-refractivity contribution is 5.69. The van der Waals surface area contributed by atoms with Gasteiger partial charge in [0.1, 0.15) is 6.07 Å². The van der Waals surface area contributed by atoms with Crippen molar-refractivity contribution in [3.05, 3.63) is 53.9 Å². The average molecular weight is 209 g/mol. The van der Waals surface area contributed by atoms with Gasteiger partial charge in [0, 0.05) is 6.20 Å². The van der Waals surface area contributed by atoms with Gasteiger partial charge in [0.2, 0.25) is 0 Å². The van der Waals surface area contributed by atoms with Crippen LogP contribution in [-0.2, 0) is 0 Å². The topological polar surface area (TPSA) is 48.7 Å². The van der Waals surface area contributed by atoms with E-state index in [0.717, 1.165) is 16.9 Å². The summed E-state index contributed by atoms with van der Waals surface area (Å²) in [6, 6.07) is 11.6. The molecule has 2 aromatic rings. The summed E-state index contributed by atoms with van der Waals surface area (Å²) in [5, 5.41) is 12.2. The smallest absolute Gasteiger partial charge is 0.101 e. The summed E-state index contributed by atoms with van der Waals surface area (Å²) in [5.41, 5.74) is 3.41. The number of anilines is 2. The molecule has 16 heavy (non-hydrogen) atoms. The van der Waals surface area contributed by atoms with Gasteiger partial charge in [-0.2, -0.15) is 5.26 Å². The molecule has 3 nitrogen and oxygen atoms in total. The van der Waals surface area contributed by atoms with Crippen LogP contribution in [0.2, 0.25) is 0 Å². The van der Waals surface area contributed by atoms with Crippen LogP contribution in [-0.4, -0.2) is 4.98 Å². The van der Waals surface area contributed by atoms with Crippen LogP contribution in [0.3, 0.4) is 0 Å². The molecule has 78 valence electrons. The third-order valence-corrected chi connectivity index (χ3v) is 2.32. The van der Waals surface area contributed by atoms with Gasteiger partial charge in [-0.3, -0.25) is 4.98 Å². The zero-order valence-corrected chi connectivity index (χ0v) is 8.94. The fraction of sp³-hybridized carbons (Fsp3) is 0.0769. The van der Waals surface area contributed by atoms with Crippen molar-refractivity contribution < 1.29 is 0 Å². The van der Waals surface area contributed by atoms with Crippen LogP contribution >= 0.6 is 0 Å². The molecule has 1 N–H and O–H groups in total. The molecule has 0 aliphatic carbocycles. The third kappa shape index (κ3) is 2.01. The number of aromatic nitrogens is 1. The number of rotatable bonds is 2. The minimum absolute atomic E-state index is 0.642. The Morgan fingerprint density at radius 2 is 2.12 bits per heavy atom. The number of nitrogens with one attached hydrogen (secondary N) is 1. The highest BCUT2D eigenvalue weighted by Crippen LogP contribution is 2.23. The largest absolute Gasteiger partial charge is 0.353 e. The highest BCUT2D eigenvalue weighted by Gasteiger charge is 2.04. The lowest BCUT2D eigenvalue weighted by molar-refractivity contribution is 1.31.